The molecule has 1 aromatic heterocycles. The molecule has 1 saturated heterocycles. The number of para-hydroxylation sites is 1. The summed E-state index contributed by atoms with van der Waals surface area (Å²) < 4.78 is 5.03. The van der Waals surface area contributed by atoms with Crippen LogP contribution in [0.3, 0.4) is 0 Å². The van der Waals surface area contributed by atoms with Crippen LogP contribution in [0.5, 0.6) is 0 Å². The van der Waals surface area contributed by atoms with E-state index in [1.807, 2.05) is 18.2 Å². The molecule has 0 atom stereocenters. The number of benzene rings is 1. The van der Waals surface area contributed by atoms with Gasteiger partial charge in [-0.3, -0.25) is 0 Å². The molecule has 1 aliphatic heterocycles. The molecule has 2 aromatic rings. The summed E-state index contributed by atoms with van der Waals surface area (Å²) in [4.78, 5) is 17.9. The molecular weight excluding hydrogens is 356 g/mol. The number of piperidine rings is 1. The Hall–Kier alpha value is -2.61. The largest absolute Gasteiger partial charge is 0.450 e. The summed E-state index contributed by atoms with van der Waals surface area (Å²) in [5, 5.41) is 15.0. The number of ether oxygens (including phenoxy) is 1. The highest BCUT2D eigenvalue weighted by atomic mass is 35.5. The number of hydrogen-bond acceptors (Lipinski definition) is 7. The molecule has 2 heterocycles. The van der Waals surface area contributed by atoms with E-state index >= 15 is 0 Å². The molecule has 1 aromatic carbocycles. The van der Waals surface area contributed by atoms with Gasteiger partial charge in [-0.05, 0) is 31.9 Å². The van der Waals surface area contributed by atoms with Gasteiger partial charge in [0.05, 0.1) is 23.5 Å². The number of aromatic nitrogens is 3. The van der Waals surface area contributed by atoms with Gasteiger partial charge in [0.1, 0.15) is 0 Å². The zero-order chi connectivity index (χ0) is 18.4. The molecule has 1 aliphatic rings. The fourth-order valence-electron chi connectivity index (χ4n) is 2.73. The van der Waals surface area contributed by atoms with E-state index in [2.05, 4.69) is 25.8 Å². The van der Waals surface area contributed by atoms with Crippen LogP contribution in [-0.2, 0) is 4.74 Å². The van der Waals surface area contributed by atoms with E-state index in [0.717, 1.165) is 18.5 Å². The highest BCUT2D eigenvalue weighted by Crippen LogP contribution is 2.24. The van der Waals surface area contributed by atoms with Crippen LogP contribution >= 0.6 is 11.6 Å². The Kier molecular flexibility index (Phi) is 6.06. The lowest BCUT2D eigenvalue weighted by molar-refractivity contribution is 0.0983. The maximum atomic E-state index is 11.7. The van der Waals surface area contributed by atoms with Crippen molar-refractivity contribution in [2.75, 3.05) is 30.3 Å². The fraction of sp³-hybridized carbons (Fsp3) is 0.412. The molecule has 9 heteroatoms. The number of nitrogens with zero attached hydrogens (tertiary/aromatic N) is 4. The molecule has 26 heavy (non-hydrogen) atoms. The Morgan fingerprint density at radius 3 is 2.85 bits per heavy atom. The van der Waals surface area contributed by atoms with E-state index in [-0.39, 0.29) is 12.1 Å². The zero-order valence-corrected chi connectivity index (χ0v) is 15.2. The lowest BCUT2D eigenvalue weighted by atomic mass is 10.1. The van der Waals surface area contributed by atoms with Crippen molar-refractivity contribution < 1.29 is 9.53 Å². The predicted molar refractivity (Wildman–Crippen MR) is 99.8 cm³/mol. The molecule has 0 radical (unpaired) electrons. The smallest absolute Gasteiger partial charge is 0.409 e. The Balaban J connectivity index is 1.56. The van der Waals surface area contributed by atoms with Crippen molar-refractivity contribution >= 4 is 35.1 Å². The van der Waals surface area contributed by atoms with Gasteiger partial charge in [0.15, 0.2) is 5.82 Å². The minimum atomic E-state index is -0.255. The first-order valence-electron chi connectivity index (χ1n) is 8.55. The number of halogens is 1. The summed E-state index contributed by atoms with van der Waals surface area (Å²) in [5.41, 5.74) is 0.753. The molecule has 8 nitrogen and oxygen atoms in total. The third-order valence-corrected chi connectivity index (χ3v) is 4.38. The van der Waals surface area contributed by atoms with Crippen LogP contribution < -0.4 is 10.6 Å². The quantitative estimate of drug-likeness (QED) is 0.826. The van der Waals surface area contributed by atoms with Crippen molar-refractivity contribution in [3.05, 3.63) is 35.5 Å². The highest BCUT2D eigenvalue weighted by molar-refractivity contribution is 6.33. The molecule has 2 N–H and O–H groups in total. The second-order valence-corrected chi connectivity index (χ2v) is 6.28. The van der Waals surface area contributed by atoms with Gasteiger partial charge in [0.2, 0.25) is 5.95 Å². The maximum Gasteiger partial charge on any atom is 0.409 e. The van der Waals surface area contributed by atoms with Crippen molar-refractivity contribution in [3.63, 3.8) is 0 Å². The molecule has 1 amide bonds. The van der Waals surface area contributed by atoms with Gasteiger partial charge in [-0.15, -0.1) is 5.10 Å². The summed E-state index contributed by atoms with van der Waals surface area (Å²) in [6.07, 6.45) is 2.88. The van der Waals surface area contributed by atoms with Crippen LogP contribution in [0.2, 0.25) is 5.02 Å². The van der Waals surface area contributed by atoms with E-state index in [9.17, 15) is 4.79 Å². The first kappa shape index (κ1) is 18.2. The van der Waals surface area contributed by atoms with Crippen LogP contribution in [0, 0.1) is 0 Å². The summed E-state index contributed by atoms with van der Waals surface area (Å²) in [7, 11) is 0. The summed E-state index contributed by atoms with van der Waals surface area (Å²) in [6.45, 7) is 3.48. The Labute approximate surface area is 156 Å². The van der Waals surface area contributed by atoms with Crippen molar-refractivity contribution in [3.8, 4) is 0 Å². The molecule has 0 aliphatic carbocycles. The molecule has 0 bridgehead atoms. The molecule has 1 fully saturated rings. The van der Waals surface area contributed by atoms with E-state index in [4.69, 9.17) is 16.3 Å². The monoisotopic (exact) mass is 376 g/mol. The molecule has 0 unspecified atom stereocenters. The van der Waals surface area contributed by atoms with Gasteiger partial charge >= 0.3 is 6.09 Å². The fourth-order valence-corrected chi connectivity index (χ4v) is 2.91. The van der Waals surface area contributed by atoms with Gasteiger partial charge in [-0.25, -0.2) is 4.79 Å². The SMILES string of the molecule is CCOC(=O)N1CCC(Nc2nncc(Nc3ccccc3Cl)n2)CC1. The second kappa shape index (κ2) is 8.66. The van der Waals surface area contributed by atoms with E-state index in [0.29, 0.717) is 36.5 Å². The number of likely N-dealkylation sites (tertiary alicyclic amines) is 1. The number of anilines is 3. The maximum absolute atomic E-state index is 11.7. The van der Waals surface area contributed by atoms with Crippen LogP contribution in [0.1, 0.15) is 19.8 Å². The molecule has 0 spiro atoms. The number of amides is 1. The number of carbonyl (C=O) groups is 1. The van der Waals surface area contributed by atoms with Gasteiger partial charge in [-0.1, -0.05) is 23.7 Å². The van der Waals surface area contributed by atoms with E-state index in [1.54, 1.807) is 17.9 Å². The first-order valence-corrected chi connectivity index (χ1v) is 8.93. The van der Waals surface area contributed by atoms with Crippen molar-refractivity contribution in [2.45, 2.75) is 25.8 Å². The van der Waals surface area contributed by atoms with Gasteiger partial charge in [-0.2, -0.15) is 10.1 Å². The highest BCUT2D eigenvalue weighted by Gasteiger charge is 2.24. The van der Waals surface area contributed by atoms with Crippen molar-refractivity contribution in [2.24, 2.45) is 0 Å². The Bertz CT molecular complexity index is 752. The van der Waals surface area contributed by atoms with Crippen LogP contribution in [0.4, 0.5) is 22.2 Å². The molecular formula is C17H21ClN6O2. The summed E-state index contributed by atoms with van der Waals surface area (Å²) in [6, 6.07) is 7.59. The van der Waals surface area contributed by atoms with Crippen LogP contribution in [-0.4, -0.2) is 51.9 Å². The van der Waals surface area contributed by atoms with Crippen molar-refractivity contribution in [1.82, 2.24) is 20.1 Å². The van der Waals surface area contributed by atoms with Crippen LogP contribution in [0.25, 0.3) is 0 Å². The minimum Gasteiger partial charge on any atom is -0.450 e. The predicted octanol–water partition coefficient (Wildman–Crippen LogP) is 3.30. The number of hydrogen-bond donors (Lipinski definition) is 2. The molecule has 138 valence electrons. The Morgan fingerprint density at radius 2 is 2.12 bits per heavy atom. The lowest BCUT2D eigenvalue weighted by Crippen LogP contribution is -2.42. The third kappa shape index (κ3) is 4.72. The normalized spacial score (nSPS) is 14.8. The molecule has 3 rings (SSSR count). The zero-order valence-electron chi connectivity index (χ0n) is 14.5. The van der Waals surface area contributed by atoms with Crippen molar-refractivity contribution in [1.29, 1.82) is 0 Å². The standard InChI is InChI=1S/C17H21ClN6O2/c1-2-26-17(25)24-9-7-12(8-10-24)20-16-22-15(11-19-23-16)21-14-6-4-3-5-13(14)18/h3-6,11-12H,2,7-10H2,1H3,(H2,20,21,22,23). The van der Waals surface area contributed by atoms with Crippen LogP contribution in [0.15, 0.2) is 30.5 Å². The lowest BCUT2D eigenvalue weighted by Gasteiger charge is -2.31. The molecule has 0 saturated carbocycles. The summed E-state index contributed by atoms with van der Waals surface area (Å²) >= 11 is 6.15. The van der Waals surface area contributed by atoms with Gasteiger partial charge < -0.3 is 20.3 Å². The van der Waals surface area contributed by atoms with Gasteiger partial charge in [0.25, 0.3) is 0 Å². The average molecular weight is 377 g/mol. The topological polar surface area (TPSA) is 92.3 Å². The number of carbonyl (C=O) groups excluding carboxylic acids is 1. The number of rotatable bonds is 5. The Morgan fingerprint density at radius 1 is 1.35 bits per heavy atom. The van der Waals surface area contributed by atoms with E-state index < -0.39 is 0 Å². The average Bonchev–Trinajstić information content (AvgIpc) is 2.65. The number of nitrogens with one attached hydrogen (secondary N) is 2. The third-order valence-electron chi connectivity index (χ3n) is 4.05. The second-order valence-electron chi connectivity index (χ2n) is 5.87. The minimum absolute atomic E-state index is 0.179. The van der Waals surface area contributed by atoms with Gasteiger partial charge in [0, 0.05) is 19.1 Å². The van der Waals surface area contributed by atoms with E-state index in [1.165, 1.54) is 6.20 Å². The first-order chi connectivity index (χ1) is 12.7. The summed E-state index contributed by atoms with van der Waals surface area (Å²) in [5.74, 6) is 0.996.